The van der Waals surface area contributed by atoms with Crippen LogP contribution in [0.2, 0.25) is 0 Å². The number of aldehydes is 1. The van der Waals surface area contributed by atoms with Crippen molar-refractivity contribution in [1.29, 1.82) is 0 Å². The zero-order valence-electron chi connectivity index (χ0n) is 9.48. The second-order valence-electron chi connectivity index (χ2n) is 4.17. The predicted octanol–water partition coefficient (Wildman–Crippen LogP) is 2.54. The minimum absolute atomic E-state index is 0.0252. The first-order valence-electron chi connectivity index (χ1n) is 5.80. The zero-order valence-corrected chi connectivity index (χ0v) is 9.48. The van der Waals surface area contributed by atoms with Crippen LogP contribution in [-0.2, 0) is 9.63 Å². The maximum Gasteiger partial charge on any atom is 0.335 e. The molecular formula is C12H15NO4. The molecule has 0 amide bonds. The molecule has 5 heteroatoms. The standard InChI is InChI=1S/C12H15NO4/c14-8-11-10(6-7-16-11)13-17-12(15)9-4-2-1-3-5-9/h6-9,13H,1-5H2. The first-order chi connectivity index (χ1) is 8.31. The average molecular weight is 237 g/mol. The molecule has 1 aromatic rings. The number of furan rings is 1. The smallest absolute Gasteiger partial charge is 0.335 e. The first kappa shape index (κ1) is 11.7. The third-order valence-electron chi connectivity index (χ3n) is 3.00. The Morgan fingerprint density at radius 1 is 1.41 bits per heavy atom. The van der Waals surface area contributed by atoms with Gasteiger partial charge in [-0.05, 0) is 12.8 Å². The summed E-state index contributed by atoms with van der Waals surface area (Å²) in [6, 6.07) is 1.54. The molecule has 0 aromatic carbocycles. The van der Waals surface area contributed by atoms with E-state index in [0.29, 0.717) is 12.0 Å². The fourth-order valence-electron chi connectivity index (χ4n) is 2.02. The lowest BCUT2D eigenvalue weighted by Crippen LogP contribution is -2.22. The fraction of sp³-hybridized carbons (Fsp3) is 0.500. The van der Waals surface area contributed by atoms with Crippen molar-refractivity contribution < 1.29 is 18.8 Å². The van der Waals surface area contributed by atoms with Crippen molar-refractivity contribution in [3.05, 3.63) is 18.1 Å². The minimum Gasteiger partial charge on any atom is -0.459 e. The number of rotatable bonds is 4. The molecule has 0 radical (unpaired) electrons. The van der Waals surface area contributed by atoms with Crippen LogP contribution in [0.5, 0.6) is 0 Å². The Hall–Kier alpha value is -1.78. The fourth-order valence-corrected chi connectivity index (χ4v) is 2.02. The first-order valence-corrected chi connectivity index (χ1v) is 5.80. The molecule has 17 heavy (non-hydrogen) atoms. The maximum absolute atomic E-state index is 11.7. The summed E-state index contributed by atoms with van der Waals surface area (Å²) in [7, 11) is 0. The highest BCUT2D eigenvalue weighted by molar-refractivity contribution is 5.80. The Kier molecular flexibility index (Phi) is 3.80. The summed E-state index contributed by atoms with van der Waals surface area (Å²) in [5.74, 6) is -0.160. The van der Waals surface area contributed by atoms with Gasteiger partial charge < -0.3 is 9.25 Å². The van der Waals surface area contributed by atoms with Crippen LogP contribution in [0.3, 0.4) is 0 Å². The molecule has 1 fully saturated rings. The molecule has 0 aliphatic heterocycles. The van der Waals surface area contributed by atoms with Gasteiger partial charge in [-0.2, -0.15) is 0 Å². The Labute approximate surface area is 99.1 Å². The molecule has 2 rings (SSSR count). The molecule has 0 bridgehead atoms. The lowest BCUT2D eigenvalue weighted by molar-refractivity contribution is -0.146. The van der Waals surface area contributed by atoms with Gasteiger partial charge in [-0.1, -0.05) is 19.3 Å². The molecule has 1 N–H and O–H groups in total. The molecule has 1 aliphatic rings. The van der Waals surface area contributed by atoms with Crippen LogP contribution < -0.4 is 5.48 Å². The highest BCUT2D eigenvalue weighted by Gasteiger charge is 2.23. The van der Waals surface area contributed by atoms with Crippen molar-refractivity contribution in [2.75, 3.05) is 5.48 Å². The monoisotopic (exact) mass is 237 g/mol. The molecule has 1 aromatic heterocycles. The van der Waals surface area contributed by atoms with Crippen LogP contribution in [0.1, 0.15) is 42.7 Å². The van der Waals surface area contributed by atoms with Gasteiger partial charge in [0.2, 0.25) is 0 Å². The van der Waals surface area contributed by atoms with E-state index in [2.05, 4.69) is 5.48 Å². The Morgan fingerprint density at radius 2 is 2.18 bits per heavy atom. The molecule has 1 aliphatic carbocycles. The van der Waals surface area contributed by atoms with Gasteiger partial charge in [0.25, 0.3) is 0 Å². The predicted molar refractivity (Wildman–Crippen MR) is 60.4 cm³/mol. The van der Waals surface area contributed by atoms with Crippen LogP contribution in [-0.4, -0.2) is 12.3 Å². The van der Waals surface area contributed by atoms with Crippen molar-refractivity contribution in [2.24, 2.45) is 5.92 Å². The van der Waals surface area contributed by atoms with E-state index in [1.54, 1.807) is 0 Å². The zero-order chi connectivity index (χ0) is 12.1. The quantitative estimate of drug-likeness (QED) is 0.643. The Morgan fingerprint density at radius 3 is 2.88 bits per heavy atom. The summed E-state index contributed by atoms with van der Waals surface area (Å²) in [4.78, 5) is 27.2. The summed E-state index contributed by atoms with van der Waals surface area (Å²) in [5.41, 5.74) is 2.85. The second-order valence-corrected chi connectivity index (χ2v) is 4.17. The Bertz CT molecular complexity index is 393. The van der Waals surface area contributed by atoms with Crippen molar-refractivity contribution >= 4 is 17.9 Å². The number of nitrogens with one attached hydrogen (secondary N) is 1. The van der Waals surface area contributed by atoms with Crippen molar-refractivity contribution in [2.45, 2.75) is 32.1 Å². The molecule has 1 heterocycles. The van der Waals surface area contributed by atoms with Crippen molar-refractivity contribution in [1.82, 2.24) is 0 Å². The number of hydrogen-bond acceptors (Lipinski definition) is 5. The molecule has 0 unspecified atom stereocenters. The average Bonchev–Trinajstić information content (AvgIpc) is 2.84. The van der Waals surface area contributed by atoms with E-state index in [-0.39, 0.29) is 17.6 Å². The SMILES string of the molecule is O=Cc1occc1NOC(=O)C1CCCCC1. The van der Waals surface area contributed by atoms with E-state index in [1.807, 2.05) is 0 Å². The van der Waals surface area contributed by atoms with Crippen molar-refractivity contribution in [3.63, 3.8) is 0 Å². The Balaban J connectivity index is 1.85. The van der Waals surface area contributed by atoms with Crippen LogP contribution in [0.15, 0.2) is 16.7 Å². The van der Waals surface area contributed by atoms with Crippen molar-refractivity contribution in [3.8, 4) is 0 Å². The van der Waals surface area contributed by atoms with Crippen LogP contribution in [0.25, 0.3) is 0 Å². The van der Waals surface area contributed by atoms with Gasteiger partial charge in [-0.3, -0.25) is 4.79 Å². The van der Waals surface area contributed by atoms with Crippen LogP contribution in [0.4, 0.5) is 5.69 Å². The summed E-state index contributed by atoms with van der Waals surface area (Å²) < 4.78 is 4.87. The van der Waals surface area contributed by atoms with Gasteiger partial charge in [0.15, 0.2) is 12.0 Å². The van der Waals surface area contributed by atoms with E-state index in [1.165, 1.54) is 18.8 Å². The normalized spacial score (nSPS) is 16.5. The highest BCUT2D eigenvalue weighted by atomic mass is 16.7. The maximum atomic E-state index is 11.7. The third kappa shape index (κ3) is 2.87. The summed E-state index contributed by atoms with van der Waals surface area (Å²) >= 11 is 0. The molecule has 92 valence electrons. The lowest BCUT2D eigenvalue weighted by atomic mass is 9.89. The minimum atomic E-state index is -0.261. The summed E-state index contributed by atoms with van der Waals surface area (Å²) in [6.07, 6.45) is 7.03. The number of anilines is 1. The third-order valence-corrected chi connectivity index (χ3v) is 3.00. The lowest BCUT2D eigenvalue weighted by Gasteiger charge is -2.19. The van der Waals surface area contributed by atoms with Gasteiger partial charge in [0, 0.05) is 6.07 Å². The van der Waals surface area contributed by atoms with E-state index >= 15 is 0 Å². The van der Waals surface area contributed by atoms with Gasteiger partial charge in [-0.15, -0.1) is 0 Å². The summed E-state index contributed by atoms with van der Waals surface area (Å²) in [6.45, 7) is 0. The molecule has 0 saturated heterocycles. The molecule has 5 nitrogen and oxygen atoms in total. The summed E-state index contributed by atoms with van der Waals surface area (Å²) in [5, 5.41) is 0. The molecular weight excluding hydrogens is 222 g/mol. The van der Waals surface area contributed by atoms with E-state index in [9.17, 15) is 9.59 Å². The van der Waals surface area contributed by atoms with Crippen LogP contribution >= 0.6 is 0 Å². The molecule has 0 atom stereocenters. The van der Waals surface area contributed by atoms with E-state index in [0.717, 1.165) is 25.7 Å². The van der Waals surface area contributed by atoms with Gasteiger partial charge in [-0.25, -0.2) is 10.3 Å². The largest absolute Gasteiger partial charge is 0.459 e. The molecule has 1 saturated carbocycles. The van der Waals surface area contributed by atoms with Gasteiger partial charge in [0.1, 0.15) is 5.69 Å². The highest BCUT2D eigenvalue weighted by Crippen LogP contribution is 2.25. The number of hydrogen-bond donors (Lipinski definition) is 1. The number of carbonyl (C=O) groups excluding carboxylic acids is 2. The van der Waals surface area contributed by atoms with Gasteiger partial charge >= 0.3 is 5.97 Å². The van der Waals surface area contributed by atoms with E-state index in [4.69, 9.17) is 9.25 Å². The molecule has 0 spiro atoms. The number of carbonyl (C=O) groups is 2. The topological polar surface area (TPSA) is 68.5 Å². The van der Waals surface area contributed by atoms with E-state index < -0.39 is 0 Å². The van der Waals surface area contributed by atoms with Gasteiger partial charge in [0.05, 0.1) is 12.2 Å². The van der Waals surface area contributed by atoms with Crippen LogP contribution in [0, 0.1) is 5.92 Å². The second kappa shape index (κ2) is 5.52.